The van der Waals surface area contributed by atoms with E-state index in [4.69, 9.17) is 4.99 Å². The van der Waals surface area contributed by atoms with Gasteiger partial charge in [-0.05, 0) is 37.5 Å². The van der Waals surface area contributed by atoms with Gasteiger partial charge in [-0.1, -0.05) is 25.3 Å². The first-order valence-corrected chi connectivity index (χ1v) is 8.12. The number of pyridine rings is 1. The van der Waals surface area contributed by atoms with Gasteiger partial charge >= 0.3 is 0 Å². The van der Waals surface area contributed by atoms with E-state index in [9.17, 15) is 5.26 Å². The van der Waals surface area contributed by atoms with E-state index in [1.54, 1.807) is 6.20 Å². The van der Waals surface area contributed by atoms with Gasteiger partial charge in [0.1, 0.15) is 11.6 Å². The van der Waals surface area contributed by atoms with Gasteiger partial charge < -0.3 is 10.6 Å². The van der Waals surface area contributed by atoms with Crippen LogP contribution in [0.25, 0.3) is 5.57 Å². The van der Waals surface area contributed by atoms with Crippen LogP contribution in [0.1, 0.15) is 44.7 Å². The van der Waals surface area contributed by atoms with Gasteiger partial charge in [-0.3, -0.25) is 4.98 Å². The van der Waals surface area contributed by atoms with Gasteiger partial charge in [0, 0.05) is 12.4 Å². The molecule has 3 rings (SSSR count). The molecule has 1 saturated carbocycles. The minimum Gasteiger partial charge on any atom is -0.332 e. The van der Waals surface area contributed by atoms with Crippen LogP contribution in [0.15, 0.2) is 46.9 Å². The van der Waals surface area contributed by atoms with Crippen molar-refractivity contribution in [1.29, 1.82) is 5.26 Å². The SMILES string of the molecule is CC1=CNC(=NC2CCCCC2)N/C1=C(\C#N)c1ccccn1. The van der Waals surface area contributed by atoms with E-state index in [0.717, 1.165) is 30.1 Å². The van der Waals surface area contributed by atoms with E-state index in [0.29, 0.717) is 17.3 Å². The topological polar surface area (TPSA) is 73.1 Å². The van der Waals surface area contributed by atoms with Crippen LogP contribution in [0.4, 0.5) is 0 Å². The number of aliphatic imine (C=N–C) groups is 1. The quantitative estimate of drug-likeness (QED) is 0.823. The summed E-state index contributed by atoms with van der Waals surface area (Å²) in [5.74, 6) is 0.723. The average molecular weight is 307 g/mol. The summed E-state index contributed by atoms with van der Waals surface area (Å²) in [5.41, 5.74) is 2.95. The molecule has 0 spiro atoms. The van der Waals surface area contributed by atoms with Gasteiger partial charge in [-0.2, -0.15) is 5.26 Å². The summed E-state index contributed by atoms with van der Waals surface area (Å²) in [6, 6.07) is 8.22. The second kappa shape index (κ2) is 7.10. The highest BCUT2D eigenvalue weighted by atomic mass is 15.2. The first-order chi connectivity index (χ1) is 11.3. The maximum atomic E-state index is 9.58. The molecule has 2 N–H and O–H groups in total. The zero-order chi connectivity index (χ0) is 16.1. The van der Waals surface area contributed by atoms with E-state index in [1.165, 1.54) is 19.3 Å². The number of hydrogen-bond acceptors (Lipinski definition) is 3. The summed E-state index contributed by atoms with van der Waals surface area (Å²) < 4.78 is 0. The smallest absolute Gasteiger partial charge is 0.200 e. The minimum atomic E-state index is 0.368. The Labute approximate surface area is 136 Å². The van der Waals surface area contributed by atoms with Crippen molar-refractivity contribution in [3.63, 3.8) is 0 Å². The van der Waals surface area contributed by atoms with Crippen LogP contribution in [0.5, 0.6) is 0 Å². The molecule has 2 heterocycles. The van der Waals surface area contributed by atoms with E-state index < -0.39 is 0 Å². The number of rotatable bonds is 2. The van der Waals surface area contributed by atoms with Gasteiger partial charge in [-0.25, -0.2) is 4.99 Å². The standard InChI is InChI=1S/C18H21N5/c1-13-12-21-18(22-14-7-3-2-4-8-14)23-17(13)15(11-19)16-9-5-6-10-20-16/h5-6,9-10,12,14H,2-4,7-8H2,1H3,(H2,21,22,23)/b17-15+. The number of allylic oxidation sites excluding steroid dienone is 2. The molecule has 0 radical (unpaired) electrons. The molecular formula is C18H21N5. The van der Waals surface area contributed by atoms with Crippen LogP contribution in [0.3, 0.4) is 0 Å². The molecule has 1 aliphatic heterocycles. The molecule has 0 bridgehead atoms. The molecule has 0 aromatic carbocycles. The fourth-order valence-corrected chi connectivity index (χ4v) is 2.98. The summed E-state index contributed by atoms with van der Waals surface area (Å²) in [6.45, 7) is 1.97. The van der Waals surface area contributed by atoms with Gasteiger partial charge in [0.2, 0.25) is 0 Å². The van der Waals surface area contributed by atoms with Crippen LogP contribution in [0, 0.1) is 11.3 Å². The molecule has 1 aromatic rings. The molecule has 5 nitrogen and oxygen atoms in total. The molecule has 1 fully saturated rings. The van der Waals surface area contributed by atoms with E-state index in [-0.39, 0.29) is 0 Å². The Kier molecular flexibility index (Phi) is 4.72. The van der Waals surface area contributed by atoms with Crippen molar-refractivity contribution in [3.8, 4) is 6.07 Å². The Morgan fingerprint density at radius 2 is 2.13 bits per heavy atom. The molecular weight excluding hydrogens is 286 g/mol. The largest absolute Gasteiger partial charge is 0.332 e. The third-order valence-corrected chi connectivity index (χ3v) is 4.23. The van der Waals surface area contributed by atoms with Crippen molar-refractivity contribution < 1.29 is 0 Å². The predicted molar refractivity (Wildman–Crippen MR) is 91.1 cm³/mol. The first kappa shape index (κ1) is 15.3. The zero-order valence-electron chi connectivity index (χ0n) is 13.3. The summed E-state index contributed by atoms with van der Waals surface area (Å²) in [5, 5.41) is 16.1. The second-order valence-electron chi connectivity index (χ2n) is 5.94. The lowest BCUT2D eigenvalue weighted by Crippen LogP contribution is -2.39. The lowest BCUT2D eigenvalue weighted by molar-refractivity contribution is 0.441. The summed E-state index contributed by atoms with van der Waals surface area (Å²) in [7, 11) is 0. The highest BCUT2D eigenvalue weighted by Gasteiger charge is 2.19. The fourth-order valence-electron chi connectivity index (χ4n) is 2.98. The zero-order valence-corrected chi connectivity index (χ0v) is 13.3. The van der Waals surface area contributed by atoms with Crippen molar-refractivity contribution in [1.82, 2.24) is 15.6 Å². The third kappa shape index (κ3) is 3.59. The van der Waals surface area contributed by atoms with Crippen molar-refractivity contribution >= 4 is 11.5 Å². The fraction of sp³-hybridized carbons (Fsp3) is 0.389. The number of nitrogens with one attached hydrogen (secondary N) is 2. The predicted octanol–water partition coefficient (Wildman–Crippen LogP) is 3.10. The molecule has 0 amide bonds. The Bertz CT molecular complexity index is 688. The molecule has 1 aromatic heterocycles. The Hall–Kier alpha value is -2.61. The number of nitrogens with zero attached hydrogens (tertiary/aromatic N) is 3. The van der Waals surface area contributed by atoms with Gasteiger partial charge in [0.25, 0.3) is 0 Å². The van der Waals surface area contributed by atoms with Crippen LogP contribution >= 0.6 is 0 Å². The number of guanidine groups is 1. The Balaban J connectivity index is 1.90. The lowest BCUT2D eigenvalue weighted by atomic mass is 9.96. The van der Waals surface area contributed by atoms with Gasteiger partial charge in [0.15, 0.2) is 5.96 Å². The van der Waals surface area contributed by atoms with E-state index in [1.807, 2.05) is 31.3 Å². The average Bonchev–Trinajstić information content (AvgIpc) is 2.60. The highest BCUT2D eigenvalue weighted by Crippen LogP contribution is 2.23. The normalized spacial score (nSPS) is 22.6. The van der Waals surface area contributed by atoms with Crippen molar-refractivity contribution in [3.05, 3.63) is 47.6 Å². The second-order valence-corrected chi connectivity index (χ2v) is 5.94. The Morgan fingerprint density at radius 3 is 2.83 bits per heavy atom. The molecule has 0 unspecified atom stereocenters. The molecule has 1 aliphatic carbocycles. The number of aromatic nitrogens is 1. The maximum Gasteiger partial charge on any atom is 0.200 e. The monoisotopic (exact) mass is 307 g/mol. The van der Waals surface area contributed by atoms with Gasteiger partial charge in [0.05, 0.1) is 17.4 Å². The Morgan fingerprint density at radius 1 is 1.30 bits per heavy atom. The number of hydrogen-bond donors (Lipinski definition) is 2. The third-order valence-electron chi connectivity index (χ3n) is 4.23. The molecule has 118 valence electrons. The molecule has 2 aliphatic rings. The van der Waals surface area contributed by atoms with Gasteiger partial charge in [-0.15, -0.1) is 0 Å². The molecule has 23 heavy (non-hydrogen) atoms. The lowest BCUT2D eigenvalue weighted by Gasteiger charge is -2.24. The van der Waals surface area contributed by atoms with Crippen LogP contribution in [0.2, 0.25) is 0 Å². The minimum absolute atomic E-state index is 0.368. The maximum absolute atomic E-state index is 9.58. The summed E-state index contributed by atoms with van der Waals surface area (Å²) in [4.78, 5) is 9.07. The molecule has 0 atom stereocenters. The van der Waals surface area contributed by atoms with Crippen molar-refractivity contribution in [2.45, 2.75) is 45.1 Å². The van der Waals surface area contributed by atoms with E-state index in [2.05, 4.69) is 21.7 Å². The van der Waals surface area contributed by atoms with Crippen molar-refractivity contribution in [2.75, 3.05) is 0 Å². The summed E-state index contributed by atoms with van der Waals surface area (Å²) in [6.07, 6.45) is 9.68. The molecule has 0 saturated heterocycles. The first-order valence-electron chi connectivity index (χ1n) is 8.12. The summed E-state index contributed by atoms with van der Waals surface area (Å²) >= 11 is 0. The van der Waals surface area contributed by atoms with E-state index >= 15 is 0 Å². The molecule has 5 heteroatoms. The van der Waals surface area contributed by atoms with Crippen LogP contribution in [-0.2, 0) is 0 Å². The van der Waals surface area contributed by atoms with Crippen LogP contribution in [-0.4, -0.2) is 17.0 Å². The van der Waals surface area contributed by atoms with Crippen LogP contribution < -0.4 is 10.6 Å². The number of nitriles is 1. The van der Waals surface area contributed by atoms with Crippen molar-refractivity contribution in [2.24, 2.45) is 4.99 Å². The highest BCUT2D eigenvalue weighted by molar-refractivity contribution is 5.90.